The third-order valence-electron chi connectivity index (χ3n) is 3.74. The lowest BCUT2D eigenvalue weighted by Gasteiger charge is -2.21. The number of hydrogen-bond acceptors (Lipinski definition) is 8. The van der Waals surface area contributed by atoms with E-state index in [4.69, 9.17) is 24.7 Å². The first kappa shape index (κ1) is 20.3. The number of esters is 3. The molecule has 1 aromatic rings. The number of primary amides is 1. The van der Waals surface area contributed by atoms with Gasteiger partial charge in [-0.15, -0.1) is 0 Å². The van der Waals surface area contributed by atoms with Crippen LogP contribution in [0.4, 0.5) is 0 Å². The molecule has 0 aliphatic carbocycles. The van der Waals surface area contributed by atoms with Crippen LogP contribution in [0.15, 0.2) is 24.5 Å². The number of carbonyl (C=O) groups excluding carboxylic acids is 4. The van der Waals surface area contributed by atoms with Crippen LogP contribution in [-0.2, 0) is 33.3 Å². The SMILES string of the molecule is CC(=O)OC[C@H]1O[C@@H]([n+]2cccc(C(N)=O)c2)[C@H](OC(C)=O)[C@@H]1OC(C)=O. The molecule has 4 atom stereocenters. The van der Waals surface area contributed by atoms with E-state index in [9.17, 15) is 19.2 Å². The van der Waals surface area contributed by atoms with E-state index in [1.807, 2.05) is 0 Å². The zero-order chi connectivity index (χ0) is 20.1. The van der Waals surface area contributed by atoms with Crippen molar-refractivity contribution in [3.63, 3.8) is 0 Å². The average molecular weight is 381 g/mol. The summed E-state index contributed by atoms with van der Waals surface area (Å²) in [5, 5.41) is 0. The molecular weight excluding hydrogens is 360 g/mol. The van der Waals surface area contributed by atoms with E-state index in [1.54, 1.807) is 12.3 Å². The second kappa shape index (κ2) is 8.58. The summed E-state index contributed by atoms with van der Waals surface area (Å²) in [6.07, 6.45) is -0.856. The number of nitrogens with two attached hydrogens (primary N) is 1. The van der Waals surface area contributed by atoms with E-state index in [0.29, 0.717) is 0 Å². The highest BCUT2D eigenvalue weighted by molar-refractivity contribution is 5.92. The van der Waals surface area contributed by atoms with Gasteiger partial charge in [-0.25, -0.2) is 0 Å². The van der Waals surface area contributed by atoms with Gasteiger partial charge in [-0.05, 0) is 6.07 Å². The Morgan fingerprint density at radius 3 is 2.26 bits per heavy atom. The summed E-state index contributed by atoms with van der Waals surface area (Å²) in [5.74, 6) is -2.44. The van der Waals surface area contributed by atoms with Gasteiger partial charge < -0.3 is 24.7 Å². The lowest BCUT2D eigenvalue weighted by atomic mass is 10.1. The fraction of sp³-hybridized carbons (Fsp3) is 0.471. The number of pyridine rings is 1. The average Bonchev–Trinajstić information content (AvgIpc) is 2.89. The van der Waals surface area contributed by atoms with Crippen molar-refractivity contribution < 1.29 is 42.7 Å². The van der Waals surface area contributed by atoms with E-state index in [0.717, 1.165) is 0 Å². The largest absolute Gasteiger partial charge is 0.463 e. The Labute approximate surface area is 155 Å². The summed E-state index contributed by atoms with van der Waals surface area (Å²) in [5.41, 5.74) is 5.50. The molecule has 1 saturated heterocycles. The van der Waals surface area contributed by atoms with Crippen molar-refractivity contribution in [3.05, 3.63) is 30.1 Å². The highest BCUT2D eigenvalue weighted by Gasteiger charge is 2.54. The molecule has 2 heterocycles. The van der Waals surface area contributed by atoms with Crippen LogP contribution >= 0.6 is 0 Å². The fourth-order valence-corrected chi connectivity index (χ4v) is 2.73. The van der Waals surface area contributed by atoms with Crippen LogP contribution in [0.3, 0.4) is 0 Å². The number of amides is 1. The Bertz CT molecular complexity index is 750. The molecule has 10 nitrogen and oxygen atoms in total. The lowest BCUT2D eigenvalue weighted by molar-refractivity contribution is -0.765. The molecule has 2 N–H and O–H groups in total. The van der Waals surface area contributed by atoms with Crippen molar-refractivity contribution in [2.75, 3.05) is 6.61 Å². The Kier molecular flexibility index (Phi) is 6.45. The maximum absolute atomic E-state index is 11.6. The number of ether oxygens (including phenoxy) is 4. The first-order valence-corrected chi connectivity index (χ1v) is 8.13. The number of aromatic nitrogens is 1. The molecule has 1 amide bonds. The second-order valence-corrected chi connectivity index (χ2v) is 5.92. The van der Waals surface area contributed by atoms with E-state index in [2.05, 4.69) is 0 Å². The minimum absolute atomic E-state index is 0.204. The van der Waals surface area contributed by atoms with Crippen LogP contribution in [0, 0.1) is 0 Å². The first-order chi connectivity index (χ1) is 12.7. The van der Waals surface area contributed by atoms with Crippen LogP contribution in [0.1, 0.15) is 37.4 Å². The number of nitrogens with zero attached hydrogens (tertiary/aromatic N) is 1. The molecule has 0 spiro atoms. The monoisotopic (exact) mass is 381 g/mol. The second-order valence-electron chi connectivity index (χ2n) is 5.92. The topological polar surface area (TPSA) is 135 Å². The highest BCUT2D eigenvalue weighted by atomic mass is 16.7. The summed E-state index contributed by atoms with van der Waals surface area (Å²) in [6.45, 7) is 3.41. The van der Waals surface area contributed by atoms with Gasteiger partial charge in [0.1, 0.15) is 18.3 Å². The molecule has 0 aromatic carbocycles. The highest BCUT2D eigenvalue weighted by Crippen LogP contribution is 2.31. The molecule has 2 rings (SSSR count). The van der Waals surface area contributed by atoms with Gasteiger partial charge in [-0.1, -0.05) is 0 Å². The number of hydrogen-bond donors (Lipinski definition) is 1. The van der Waals surface area contributed by atoms with E-state index in [1.165, 1.54) is 37.6 Å². The van der Waals surface area contributed by atoms with Crippen molar-refractivity contribution >= 4 is 23.8 Å². The Balaban J connectivity index is 2.39. The maximum Gasteiger partial charge on any atom is 0.304 e. The van der Waals surface area contributed by atoms with Gasteiger partial charge >= 0.3 is 24.1 Å². The number of carbonyl (C=O) groups is 4. The third kappa shape index (κ3) is 5.23. The summed E-state index contributed by atoms with van der Waals surface area (Å²) in [4.78, 5) is 45.6. The summed E-state index contributed by atoms with van der Waals surface area (Å²) in [7, 11) is 0. The van der Waals surface area contributed by atoms with Gasteiger partial charge in [0.05, 0.1) is 0 Å². The van der Waals surface area contributed by atoms with E-state index < -0.39 is 48.4 Å². The van der Waals surface area contributed by atoms with E-state index in [-0.39, 0.29) is 12.2 Å². The number of rotatable bonds is 6. The quantitative estimate of drug-likeness (QED) is 0.392. The zero-order valence-corrected chi connectivity index (χ0v) is 15.1. The third-order valence-corrected chi connectivity index (χ3v) is 3.74. The van der Waals surface area contributed by atoms with Crippen LogP contribution in [0.5, 0.6) is 0 Å². The van der Waals surface area contributed by atoms with Gasteiger partial charge in [0.15, 0.2) is 18.5 Å². The molecular formula is C17H21N2O8+. The maximum atomic E-state index is 11.6. The minimum Gasteiger partial charge on any atom is -0.463 e. The molecule has 27 heavy (non-hydrogen) atoms. The molecule has 1 fully saturated rings. The molecule has 146 valence electrons. The summed E-state index contributed by atoms with van der Waals surface area (Å²) < 4.78 is 22.8. The van der Waals surface area contributed by atoms with E-state index >= 15 is 0 Å². The summed E-state index contributed by atoms with van der Waals surface area (Å²) in [6, 6.07) is 3.07. The Hall–Kier alpha value is -3.01. The molecule has 1 aliphatic rings. The van der Waals surface area contributed by atoms with Crippen LogP contribution in [-0.4, -0.2) is 48.7 Å². The van der Waals surface area contributed by atoms with Crippen molar-refractivity contribution in [2.24, 2.45) is 5.73 Å². The first-order valence-electron chi connectivity index (χ1n) is 8.13. The Morgan fingerprint density at radius 1 is 1.07 bits per heavy atom. The van der Waals surface area contributed by atoms with Crippen LogP contribution in [0.2, 0.25) is 0 Å². The van der Waals surface area contributed by atoms with Gasteiger partial charge in [-0.2, -0.15) is 4.57 Å². The molecule has 0 radical (unpaired) electrons. The molecule has 0 saturated carbocycles. The molecule has 1 aromatic heterocycles. The predicted molar refractivity (Wildman–Crippen MR) is 86.8 cm³/mol. The molecule has 0 bridgehead atoms. The fourth-order valence-electron chi connectivity index (χ4n) is 2.73. The van der Waals surface area contributed by atoms with Crippen LogP contribution in [0.25, 0.3) is 0 Å². The molecule has 0 unspecified atom stereocenters. The van der Waals surface area contributed by atoms with Gasteiger partial charge in [0.2, 0.25) is 6.10 Å². The normalized spacial score (nSPS) is 24.1. The smallest absolute Gasteiger partial charge is 0.304 e. The minimum atomic E-state index is -1.03. The van der Waals surface area contributed by atoms with Crippen molar-refractivity contribution in [2.45, 2.75) is 45.3 Å². The van der Waals surface area contributed by atoms with Crippen molar-refractivity contribution in [3.8, 4) is 0 Å². The van der Waals surface area contributed by atoms with Crippen molar-refractivity contribution in [1.29, 1.82) is 0 Å². The van der Waals surface area contributed by atoms with Crippen molar-refractivity contribution in [1.82, 2.24) is 0 Å². The van der Waals surface area contributed by atoms with Gasteiger partial charge in [-0.3, -0.25) is 19.2 Å². The van der Waals surface area contributed by atoms with Gasteiger partial charge in [0.25, 0.3) is 5.91 Å². The Morgan fingerprint density at radius 2 is 1.70 bits per heavy atom. The predicted octanol–water partition coefficient (Wildman–Crippen LogP) is -0.603. The standard InChI is InChI=1S/C17H20N2O8/c1-9(20)24-8-13-14(25-10(2)21)15(26-11(3)22)17(27-13)19-6-4-5-12(7-19)16(18)23/h4-7,13-15,17H,8H2,1-3H3,(H-,18,23)/p+1/t13-,14-,15-,17-/m1/s1. The lowest BCUT2D eigenvalue weighted by Crippen LogP contribution is -2.48. The van der Waals surface area contributed by atoms with Gasteiger partial charge in [0, 0.05) is 26.8 Å². The van der Waals surface area contributed by atoms with Crippen LogP contribution < -0.4 is 10.3 Å². The summed E-state index contributed by atoms with van der Waals surface area (Å²) >= 11 is 0. The molecule has 10 heteroatoms. The molecule has 1 aliphatic heterocycles. The zero-order valence-electron chi connectivity index (χ0n) is 15.1.